The van der Waals surface area contributed by atoms with Crippen LogP contribution in [0.15, 0.2) is 0 Å². The molecule has 3 nitrogen and oxygen atoms in total. The topological polar surface area (TPSA) is 33.2 Å². The molecule has 1 heterocycles. The van der Waals surface area contributed by atoms with Crippen molar-refractivity contribution < 1.29 is 4.79 Å². The number of Topliss-reactive ketones (excluding diaryl/α,β-unsaturated/α-hetero) is 1. The number of fused-ring (bicyclic) bond motifs is 1. The van der Waals surface area contributed by atoms with Crippen LogP contribution in [0.1, 0.15) is 54.9 Å². The van der Waals surface area contributed by atoms with Gasteiger partial charge in [0.05, 0.1) is 0 Å². The molecule has 0 unspecified atom stereocenters. The van der Waals surface area contributed by atoms with E-state index in [1.807, 2.05) is 0 Å². The van der Waals surface area contributed by atoms with E-state index in [0.29, 0.717) is 6.42 Å². The molecule has 4 heteroatoms. The number of aromatic nitrogens is 1. The van der Waals surface area contributed by atoms with E-state index in [0.717, 1.165) is 36.8 Å². The van der Waals surface area contributed by atoms with Gasteiger partial charge in [-0.1, -0.05) is 13.3 Å². The van der Waals surface area contributed by atoms with Crippen LogP contribution in [0.2, 0.25) is 0 Å². The van der Waals surface area contributed by atoms with Crippen molar-refractivity contribution in [1.82, 2.24) is 4.98 Å². The third-order valence-corrected chi connectivity index (χ3v) is 4.37. The molecule has 0 N–H and O–H groups in total. The zero-order valence-electron chi connectivity index (χ0n) is 10.7. The molecule has 0 radical (unpaired) electrons. The summed E-state index contributed by atoms with van der Waals surface area (Å²) in [5.41, 5.74) is 0.756. The third-order valence-electron chi connectivity index (χ3n) is 3.19. The molecule has 2 rings (SSSR count). The number of hydrogen-bond donors (Lipinski definition) is 0. The summed E-state index contributed by atoms with van der Waals surface area (Å²) in [7, 11) is 0. The second-order valence-corrected chi connectivity index (χ2v) is 5.54. The molecule has 1 aliphatic carbocycles. The zero-order valence-corrected chi connectivity index (χ0v) is 11.5. The van der Waals surface area contributed by atoms with Crippen molar-refractivity contribution in [2.24, 2.45) is 0 Å². The first-order valence-electron chi connectivity index (χ1n) is 6.54. The molecule has 0 aliphatic heterocycles. The maximum atomic E-state index is 11.7. The van der Waals surface area contributed by atoms with E-state index in [-0.39, 0.29) is 5.78 Å². The van der Waals surface area contributed by atoms with Crippen LogP contribution in [-0.4, -0.2) is 23.9 Å². The van der Waals surface area contributed by atoms with Crippen molar-refractivity contribution >= 4 is 22.3 Å². The van der Waals surface area contributed by atoms with Gasteiger partial charge in [0.1, 0.15) is 5.69 Å². The Kier molecular flexibility index (Phi) is 4.15. The first-order chi connectivity index (χ1) is 8.26. The number of anilines is 1. The van der Waals surface area contributed by atoms with Crippen molar-refractivity contribution in [3.8, 4) is 0 Å². The normalized spacial score (nSPS) is 14.8. The Labute approximate surface area is 107 Å². The smallest absolute Gasteiger partial charge is 0.186 e. The second-order valence-electron chi connectivity index (χ2n) is 4.48. The summed E-state index contributed by atoms with van der Waals surface area (Å²) in [5.74, 6) is 0.236. The molecule has 0 aromatic carbocycles. The fraction of sp³-hybridized carbons (Fsp3) is 0.692. The standard InChI is InChI=1S/C13H20N2OS/c1-3-5-9-15(4-2)13-14-12-10(16)7-6-8-11(12)17-13/h3-9H2,1-2H3. The number of thiazole rings is 1. The second kappa shape index (κ2) is 5.63. The van der Waals surface area contributed by atoms with Crippen LogP contribution in [-0.2, 0) is 6.42 Å². The van der Waals surface area contributed by atoms with Crippen LogP contribution in [0, 0.1) is 0 Å². The summed E-state index contributed by atoms with van der Waals surface area (Å²) in [4.78, 5) is 19.8. The molecule has 1 aromatic rings. The highest BCUT2D eigenvalue weighted by atomic mass is 32.1. The van der Waals surface area contributed by atoms with Crippen molar-refractivity contribution in [1.29, 1.82) is 0 Å². The van der Waals surface area contributed by atoms with E-state index in [9.17, 15) is 4.79 Å². The molecule has 0 saturated carbocycles. The van der Waals surface area contributed by atoms with Crippen molar-refractivity contribution in [2.45, 2.75) is 46.0 Å². The minimum atomic E-state index is 0.236. The average Bonchev–Trinajstić information content (AvgIpc) is 2.75. The number of rotatable bonds is 5. The number of nitrogens with zero attached hydrogens (tertiary/aromatic N) is 2. The maximum Gasteiger partial charge on any atom is 0.186 e. The Hall–Kier alpha value is -0.900. The van der Waals surface area contributed by atoms with Gasteiger partial charge in [0.25, 0.3) is 0 Å². The van der Waals surface area contributed by atoms with Crippen molar-refractivity contribution in [3.05, 3.63) is 10.6 Å². The summed E-state index contributed by atoms with van der Waals surface area (Å²) in [6.45, 7) is 6.37. The van der Waals surface area contributed by atoms with Crippen molar-refractivity contribution in [3.63, 3.8) is 0 Å². The van der Waals surface area contributed by atoms with Crippen LogP contribution in [0.5, 0.6) is 0 Å². The number of aryl methyl sites for hydroxylation is 1. The minimum absolute atomic E-state index is 0.236. The fourth-order valence-corrected chi connectivity index (χ4v) is 3.34. The van der Waals surface area contributed by atoms with E-state index >= 15 is 0 Å². The lowest BCUT2D eigenvalue weighted by molar-refractivity contribution is 0.0968. The monoisotopic (exact) mass is 252 g/mol. The highest BCUT2D eigenvalue weighted by molar-refractivity contribution is 7.16. The summed E-state index contributed by atoms with van der Waals surface area (Å²) >= 11 is 1.72. The maximum absolute atomic E-state index is 11.7. The molecule has 0 spiro atoms. The van der Waals surface area contributed by atoms with E-state index in [2.05, 4.69) is 23.7 Å². The fourth-order valence-electron chi connectivity index (χ4n) is 2.13. The Morgan fingerprint density at radius 3 is 2.82 bits per heavy atom. The van der Waals surface area contributed by atoms with Gasteiger partial charge in [0.2, 0.25) is 0 Å². The molecule has 1 aliphatic rings. The molecular formula is C13H20N2OS. The van der Waals surface area contributed by atoms with Crippen LogP contribution in [0.4, 0.5) is 5.13 Å². The van der Waals surface area contributed by atoms with Gasteiger partial charge < -0.3 is 4.90 Å². The first-order valence-corrected chi connectivity index (χ1v) is 7.35. The SMILES string of the molecule is CCCCN(CC)c1nc2c(s1)CCCC2=O. The van der Waals surface area contributed by atoms with Gasteiger partial charge in [-0.2, -0.15) is 0 Å². The lowest BCUT2D eigenvalue weighted by Gasteiger charge is -2.18. The third kappa shape index (κ3) is 2.68. The van der Waals surface area contributed by atoms with E-state index in [4.69, 9.17) is 0 Å². The van der Waals surface area contributed by atoms with E-state index in [1.165, 1.54) is 17.7 Å². The molecule has 1 aromatic heterocycles. The van der Waals surface area contributed by atoms with Crippen LogP contribution in [0.3, 0.4) is 0 Å². The number of unbranched alkanes of at least 4 members (excludes halogenated alkanes) is 1. The van der Waals surface area contributed by atoms with Gasteiger partial charge in [-0.05, 0) is 26.2 Å². The molecule has 0 bridgehead atoms. The molecular weight excluding hydrogens is 232 g/mol. The van der Waals surface area contributed by atoms with Crippen LogP contribution < -0.4 is 4.90 Å². The zero-order chi connectivity index (χ0) is 12.3. The summed E-state index contributed by atoms with van der Waals surface area (Å²) in [6, 6.07) is 0. The molecule has 0 fully saturated rings. The Balaban J connectivity index is 2.17. The first kappa shape index (κ1) is 12.6. The number of carbonyl (C=O) groups excluding carboxylic acids is 1. The van der Waals surface area contributed by atoms with Gasteiger partial charge in [-0.25, -0.2) is 4.98 Å². The van der Waals surface area contributed by atoms with Gasteiger partial charge in [0, 0.05) is 24.4 Å². The lowest BCUT2D eigenvalue weighted by Crippen LogP contribution is -2.23. The Morgan fingerprint density at radius 2 is 2.18 bits per heavy atom. The van der Waals surface area contributed by atoms with Gasteiger partial charge in [-0.3, -0.25) is 4.79 Å². The van der Waals surface area contributed by atoms with Gasteiger partial charge in [-0.15, -0.1) is 11.3 Å². The van der Waals surface area contributed by atoms with E-state index in [1.54, 1.807) is 11.3 Å². The van der Waals surface area contributed by atoms with Crippen LogP contribution in [0.25, 0.3) is 0 Å². The average molecular weight is 252 g/mol. The number of carbonyl (C=O) groups is 1. The van der Waals surface area contributed by atoms with E-state index < -0.39 is 0 Å². The van der Waals surface area contributed by atoms with Crippen LogP contribution >= 0.6 is 11.3 Å². The predicted octanol–water partition coefficient (Wildman–Crippen LogP) is 3.29. The van der Waals surface area contributed by atoms with Gasteiger partial charge in [0.15, 0.2) is 10.9 Å². The molecule has 17 heavy (non-hydrogen) atoms. The predicted molar refractivity (Wildman–Crippen MR) is 72.2 cm³/mol. The highest BCUT2D eigenvalue weighted by Gasteiger charge is 2.23. The molecule has 0 amide bonds. The highest BCUT2D eigenvalue weighted by Crippen LogP contribution is 2.31. The lowest BCUT2D eigenvalue weighted by atomic mass is 10.0. The largest absolute Gasteiger partial charge is 0.348 e. The van der Waals surface area contributed by atoms with Gasteiger partial charge >= 0.3 is 0 Å². The quantitative estimate of drug-likeness (QED) is 0.806. The Bertz CT molecular complexity index is 400. The number of hydrogen-bond acceptors (Lipinski definition) is 4. The Morgan fingerprint density at radius 1 is 1.35 bits per heavy atom. The molecule has 94 valence electrons. The molecule has 0 saturated heterocycles. The van der Waals surface area contributed by atoms with Crippen molar-refractivity contribution in [2.75, 3.05) is 18.0 Å². The summed E-state index contributed by atoms with van der Waals surface area (Å²) in [5, 5.41) is 1.04. The molecule has 0 atom stereocenters. The minimum Gasteiger partial charge on any atom is -0.348 e. The summed E-state index contributed by atoms with van der Waals surface area (Å²) in [6.07, 6.45) is 5.09. The number of ketones is 1. The summed E-state index contributed by atoms with van der Waals surface area (Å²) < 4.78 is 0.